The molecule has 0 aliphatic heterocycles. The van der Waals surface area contributed by atoms with E-state index in [1.54, 1.807) is 0 Å². The molecule has 0 radical (unpaired) electrons. The van der Waals surface area contributed by atoms with Crippen molar-refractivity contribution in [3.8, 4) is 0 Å². The lowest BCUT2D eigenvalue weighted by Gasteiger charge is -2.19. The topological polar surface area (TPSA) is 24.9 Å². The average molecular weight is 224 g/mol. The Labute approximate surface area is 96.1 Å². The molecule has 1 aromatic rings. The van der Waals surface area contributed by atoms with E-state index in [-0.39, 0.29) is 0 Å². The summed E-state index contributed by atoms with van der Waals surface area (Å²) in [4.78, 5) is 6.04. The Morgan fingerprint density at radius 2 is 2.20 bits per heavy atom. The van der Waals surface area contributed by atoms with Gasteiger partial charge in [-0.05, 0) is 25.8 Å². The minimum Gasteiger partial charge on any atom is -0.319 e. The molecular weight excluding hydrogens is 204 g/mol. The Hall–Kier alpha value is -0.410. The number of hydrogen-bond acceptors (Lipinski definition) is 3. The van der Waals surface area contributed by atoms with Crippen LogP contribution in [-0.4, -0.2) is 18.6 Å². The normalized spacial score (nSPS) is 18.2. The van der Waals surface area contributed by atoms with Crippen LogP contribution < -0.4 is 5.32 Å². The van der Waals surface area contributed by atoms with Crippen LogP contribution in [-0.2, 0) is 6.42 Å². The van der Waals surface area contributed by atoms with Crippen molar-refractivity contribution in [2.75, 3.05) is 13.6 Å². The number of aromatic nitrogens is 1. The summed E-state index contributed by atoms with van der Waals surface area (Å²) in [5.41, 5.74) is 0. The van der Waals surface area contributed by atoms with Crippen LogP contribution in [0.2, 0.25) is 0 Å². The molecule has 2 nitrogen and oxygen atoms in total. The Bertz CT molecular complexity index is 290. The fourth-order valence-corrected chi connectivity index (χ4v) is 3.34. The predicted octanol–water partition coefficient (Wildman–Crippen LogP) is 2.95. The number of nitrogens with zero attached hydrogens (tertiary/aromatic N) is 1. The number of hydrogen-bond donors (Lipinski definition) is 1. The van der Waals surface area contributed by atoms with Crippen molar-refractivity contribution in [3.63, 3.8) is 0 Å². The van der Waals surface area contributed by atoms with Crippen molar-refractivity contribution in [2.45, 2.75) is 44.4 Å². The third kappa shape index (κ3) is 3.02. The summed E-state index contributed by atoms with van der Waals surface area (Å²) in [6.07, 6.45) is 10.2. The number of likely N-dealkylation sites (N-methyl/N-ethyl adjacent to an activating group) is 1. The fraction of sp³-hybridized carbons (Fsp3) is 0.750. The Morgan fingerprint density at radius 3 is 2.93 bits per heavy atom. The summed E-state index contributed by atoms with van der Waals surface area (Å²) in [7, 11) is 2.00. The maximum absolute atomic E-state index is 4.51. The van der Waals surface area contributed by atoms with Crippen LogP contribution in [0, 0.1) is 0 Å². The van der Waals surface area contributed by atoms with Gasteiger partial charge in [0.05, 0.1) is 5.01 Å². The number of rotatable bonds is 4. The molecule has 0 bridgehead atoms. The Balaban J connectivity index is 1.93. The first-order chi connectivity index (χ1) is 7.40. The van der Waals surface area contributed by atoms with Gasteiger partial charge in [-0.3, -0.25) is 0 Å². The first-order valence-corrected chi connectivity index (χ1v) is 6.81. The second-order valence-corrected chi connectivity index (χ2v) is 5.49. The summed E-state index contributed by atoms with van der Waals surface area (Å²) in [5.74, 6) is 0.819. The largest absolute Gasteiger partial charge is 0.319 e. The lowest BCUT2D eigenvalue weighted by atomic mass is 9.89. The lowest BCUT2D eigenvalue weighted by Crippen LogP contribution is -2.09. The van der Waals surface area contributed by atoms with Gasteiger partial charge in [0.1, 0.15) is 0 Å². The highest BCUT2D eigenvalue weighted by molar-refractivity contribution is 7.11. The van der Waals surface area contributed by atoms with Crippen molar-refractivity contribution in [1.82, 2.24) is 10.3 Å². The maximum Gasteiger partial charge on any atom is 0.0940 e. The fourth-order valence-electron chi connectivity index (χ4n) is 2.25. The molecule has 1 heterocycles. The van der Waals surface area contributed by atoms with E-state index in [0.29, 0.717) is 0 Å². The highest BCUT2D eigenvalue weighted by Gasteiger charge is 2.17. The van der Waals surface area contributed by atoms with Gasteiger partial charge in [0, 0.05) is 24.0 Å². The van der Waals surface area contributed by atoms with Gasteiger partial charge in [-0.2, -0.15) is 0 Å². The molecule has 1 fully saturated rings. The minimum absolute atomic E-state index is 0.819. The lowest BCUT2D eigenvalue weighted by molar-refractivity contribution is 0.448. The summed E-state index contributed by atoms with van der Waals surface area (Å²) in [5, 5.41) is 4.47. The van der Waals surface area contributed by atoms with Gasteiger partial charge in [0.2, 0.25) is 0 Å². The predicted molar refractivity (Wildman–Crippen MR) is 65.6 cm³/mol. The summed E-state index contributed by atoms with van der Waals surface area (Å²) in [6.45, 7) is 1.04. The second-order valence-electron chi connectivity index (χ2n) is 4.34. The van der Waals surface area contributed by atoms with Crippen molar-refractivity contribution in [2.24, 2.45) is 0 Å². The molecule has 0 saturated heterocycles. The Morgan fingerprint density at radius 1 is 1.40 bits per heavy atom. The average Bonchev–Trinajstić information content (AvgIpc) is 2.76. The molecule has 0 atom stereocenters. The standard InChI is InChI=1S/C12H20N2S/c1-13-8-7-12-14-9-11(15-12)10-5-3-2-4-6-10/h9-10,13H,2-8H2,1H3. The van der Waals surface area contributed by atoms with Crippen molar-refractivity contribution in [1.29, 1.82) is 0 Å². The van der Waals surface area contributed by atoms with Crippen LogP contribution in [0.3, 0.4) is 0 Å². The molecular formula is C12H20N2S. The van der Waals surface area contributed by atoms with Crippen LogP contribution in [0.5, 0.6) is 0 Å². The van der Waals surface area contributed by atoms with Gasteiger partial charge >= 0.3 is 0 Å². The first-order valence-electron chi connectivity index (χ1n) is 5.99. The summed E-state index contributed by atoms with van der Waals surface area (Å²) in [6, 6.07) is 0. The second kappa shape index (κ2) is 5.61. The molecule has 0 amide bonds. The molecule has 0 aromatic carbocycles. The van der Waals surface area contributed by atoms with Crippen LogP contribution >= 0.6 is 11.3 Å². The van der Waals surface area contributed by atoms with E-state index in [2.05, 4.69) is 16.5 Å². The minimum atomic E-state index is 0.819. The number of nitrogens with one attached hydrogen (secondary N) is 1. The third-order valence-corrected chi connectivity index (χ3v) is 4.39. The quantitative estimate of drug-likeness (QED) is 0.850. The van der Waals surface area contributed by atoms with Crippen molar-refractivity contribution in [3.05, 3.63) is 16.1 Å². The van der Waals surface area contributed by atoms with E-state index in [9.17, 15) is 0 Å². The highest BCUT2D eigenvalue weighted by Crippen LogP contribution is 2.35. The van der Waals surface area contributed by atoms with Gasteiger partial charge in [0.25, 0.3) is 0 Å². The van der Waals surface area contributed by atoms with E-state index in [4.69, 9.17) is 0 Å². The number of thiazole rings is 1. The molecule has 1 N–H and O–H groups in total. The molecule has 1 aromatic heterocycles. The summed E-state index contributed by atoms with van der Waals surface area (Å²) >= 11 is 1.93. The zero-order valence-electron chi connectivity index (χ0n) is 9.46. The van der Waals surface area contributed by atoms with Gasteiger partial charge < -0.3 is 5.32 Å². The van der Waals surface area contributed by atoms with Crippen molar-refractivity contribution >= 4 is 11.3 Å². The van der Waals surface area contributed by atoms with E-state index in [0.717, 1.165) is 18.9 Å². The molecule has 1 aliphatic rings. The molecule has 1 saturated carbocycles. The molecule has 15 heavy (non-hydrogen) atoms. The van der Waals surface area contributed by atoms with Crippen LogP contribution in [0.15, 0.2) is 6.20 Å². The third-order valence-electron chi connectivity index (χ3n) is 3.17. The van der Waals surface area contributed by atoms with Gasteiger partial charge in [-0.1, -0.05) is 19.3 Å². The zero-order valence-corrected chi connectivity index (χ0v) is 10.3. The van der Waals surface area contributed by atoms with E-state index >= 15 is 0 Å². The maximum atomic E-state index is 4.51. The molecule has 2 rings (SSSR count). The monoisotopic (exact) mass is 224 g/mol. The summed E-state index contributed by atoms with van der Waals surface area (Å²) < 4.78 is 0. The first kappa shape index (κ1) is 11.1. The van der Waals surface area contributed by atoms with E-state index < -0.39 is 0 Å². The molecule has 0 unspecified atom stereocenters. The SMILES string of the molecule is CNCCc1ncc(C2CCCCC2)s1. The van der Waals surface area contributed by atoms with Crippen LogP contribution in [0.1, 0.15) is 47.9 Å². The molecule has 84 valence electrons. The zero-order chi connectivity index (χ0) is 10.5. The van der Waals surface area contributed by atoms with Crippen LogP contribution in [0.25, 0.3) is 0 Å². The van der Waals surface area contributed by atoms with Gasteiger partial charge in [0.15, 0.2) is 0 Å². The van der Waals surface area contributed by atoms with Crippen molar-refractivity contribution < 1.29 is 0 Å². The highest BCUT2D eigenvalue weighted by atomic mass is 32.1. The van der Waals surface area contributed by atoms with Crippen LogP contribution in [0.4, 0.5) is 0 Å². The van der Waals surface area contributed by atoms with E-state index in [1.165, 1.54) is 42.0 Å². The molecule has 3 heteroatoms. The molecule has 0 spiro atoms. The molecule has 1 aliphatic carbocycles. The smallest absolute Gasteiger partial charge is 0.0940 e. The van der Waals surface area contributed by atoms with Gasteiger partial charge in [-0.25, -0.2) is 4.98 Å². The van der Waals surface area contributed by atoms with E-state index in [1.807, 2.05) is 18.4 Å². The van der Waals surface area contributed by atoms with Gasteiger partial charge in [-0.15, -0.1) is 11.3 Å². The Kier molecular flexibility index (Phi) is 4.15.